The third-order valence-corrected chi connectivity index (χ3v) is 4.18. The number of anilines is 2. The van der Waals surface area contributed by atoms with Crippen LogP contribution in [0.4, 0.5) is 11.5 Å². The highest BCUT2D eigenvalue weighted by Crippen LogP contribution is 2.37. The number of aromatic nitrogens is 1. The standard InChI is InChI=1S/C16H25N3O2/c1-5-21-15(20)12-6-8-18-14(13(12)17)19-9-7-11(10-19)16(2,3)4/h6,8,11H,5,7,9-10,17H2,1-4H3. The number of rotatable bonds is 3. The highest BCUT2D eigenvalue weighted by Gasteiger charge is 2.33. The number of hydrogen-bond donors (Lipinski definition) is 1. The van der Waals surface area contributed by atoms with Crippen LogP contribution >= 0.6 is 0 Å². The van der Waals surface area contributed by atoms with Gasteiger partial charge in [-0.05, 0) is 30.7 Å². The largest absolute Gasteiger partial charge is 0.462 e. The van der Waals surface area contributed by atoms with Crippen molar-refractivity contribution in [1.82, 2.24) is 4.98 Å². The van der Waals surface area contributed by atoms with Gasteiger partial charge in [0, 0.05) is 19.3 Å². The van der Waals surface area contributed by atoms with Crippen molar-refractivity contribution in [2.45, 2.75) is 34.1 Å². The molecular formula is C16H25N3O2. The molecule has 0 spiro atoms. The molecule has 116 valence electrons. The molecule has 0 amide bonds. The number of esters is 1. The quantitative estimate of drug-likeness (QED) is 0.867. The zero-order valence-corrected chi connectivity index (χ0v) is 13.3. The van der Waals surface area contributed by atoms with Gasteiger partial charge in [-0.1, -0.05) is 20.8 Å². The number of nitrogens with two attached hydrogens (primary N) is 1. The molecule has 21 heavy (non-hydrogen) atoms. The van der Waals surface area contributed by atoms with Crippen LogP contribution in [0.5, 0.6) is 0 Å². The van der Waals surface area contributed by atoms with Crippen LogP contribution in [0.1, 0.15) is 44.5 Å². The minimum Gasteiger partial charge on any atom is -0.462 e. The second-order valence-corrected chi connectivity index (χ2v) is 6.61. The number of nitrogens with zero attached hydrogens (tertiary/aromatic N) is 2. The predicted octanol–water partition coefficient (Wildman–Crippen LogP) is 2.71. The average molecular weight is 291 g/mol. The van der Waals surface area contributed by atoms with Gasteiger partial charge < -0.3 is 15.4 Å². The van der Waals surface area contributed by atoms with Crippen LogP contribution in [-0.2, 0) is 4.74 Å². The van der Waals surface area contributed by atoms with E-state index in [1.807, 2.05) is 0 Å². The van der Waals surface area contributed by atoms with Gasteiger partial charge in [-0.2, -0.15) is 0 Å². The van der Waals surface area contributed by atoms with Gasteiger partial charge in [-0.3, -0.25) is 0 Å². The Kier molecular flexibility index (Phi) is 4.40. The Balaban J connectivity index is 2.22. The monoisotopic (exact) mass is 291 g/mol. The normalized spacial score (nSPS) is 18.9. The lowest BCUT2D eigenvalue weighted by molar-refractivity contribution is 0.0527. The average Bonchev–Trinajstić information content (AvgIpc) is 2.88. The van der Waals surface area contributed by atoms with E-state index in [1.165, 1.54) is 0 Å². The summed E-state index contributed by atoms with van der Waals surface area (Å²) in [6, 6.07) is 1.62. The van der Waals surface area contributed by atoms with E-state index in [-0.39, 0.29) is 11.4 Å². The number of pyridine rings is 1. The first-order valence-corrected chi connectivity index (χ1v) is 7.51. The Morgan fingerprint density at radius 1 is 1.52 bits per heavy atom. The molecule has 0 aliphatic carbocycles. The smallest absolute Gasteiger partial charge is 0.340 e. The van der Waals surface area contributed by atoms with Gasteiger partial charge in [0.1, 0.15) is 0 Å². The van der Waals surface area contributed by atoms with Crippen molar-refractivity contribution >= 4 is 17.5 Å². The zero-order valence-electron chi connectivity index (χ0n) is 13.3. The predicted molar refractivity (Wildman–Crippen MR) is 84.4 cm³/mol. The van der Waals surface area contributed by atoms with Crippen molar-refractivity contribution in [1.29, 1.82) is 0 Å². The molecule has 5 nitrogen and oxygen atoms in total. The highest BCUT2D eigenvalue weighted by atomic mass is 16.5. The van der Waals surface area contributed by atoms with E-state index in [1.54, 1.807) is 19.2 Å². The summed E-state index contributed by atoms with van der Waals surface area (Å²) in [5, 5.41) is 0. The Hall–Kier alpha value is -1.78. The number of ether oxygens (including phenoxy) is 1. The maximum Gasteiger partial charge on any atom is 0.340 e. The maximum atomic E-state index is 11.9. The molecule has 0 bridgehead atoms. The van der Waals surface area contributed by atoms with Crippen molar-refractivity contribution in [3.63, 3.8) is 0 Å². The van der Waals surface area contributed by atoms with Crippen LogP contribution in [0.3, 0.4) is 0 Å². The molecule has 0 saturated carbocycles. The number of carbonyl (C=O) groups is 1. The minimum atomic E-state index is -0.384. The topological polar surface area (TPSA) is 68.5 Å². The van der Waals surface area contributed by atoms with E-state index in [0.29, 0.717) is 29.6 Å². The summed E-state index contributed by atoms with van der Waals surface area (Å²) in [4.78, 5) is 18.5. The summed E-state index contributed by atoms with van der Waals surface area (Å²) < 4.78 is 5.04. The van der Waals surface area contributed by atoms with Crippen molar-refractivity contribution in [3.05, 3.63) is 17.8 Å². The van der Waals surface area contributed by atoms with Gasteiger partial charge in [-0.15, -0.1) is 0 Å². The van der Waals surface area contributed by atoms with Gasteiger partial charge in [0.15, 0.2) is 5.82 Å². The number of carbonyl (C=O) groups excluding carboxylic acids is 1. The van der Waals surface area contributed by atoms with E-state index < -0.39 is 0 Å². The van der Waals surface area contributed by atoms with Gasteiger partial charge in [0.25, 0.3) is 0 Å². The lowest BCUT2D eigenvalue weighted by Crippen LogP contribution is -2.27. The first kappa shape index (κ1) is 15.6. The summed E-state index contributed by atoms with van der Waals surface area (Å²) in [6.45, 7) is 10.7. The molecule has 0 aromatic carbocycles. The van der Waals surface area contributed by atoms with Gasteiger partial charge in [0.2, 0.25) is 0 Å². The molecule has 1 saturated heterocycles. The van der Waals surface area contributed by atoms with Crippen LogP contribution in [0.15, 0.2) is 12.3 Å². The molecule has 2 N–H and O–H groups in total. The van der Waals surface area contributed by atoms with E-state index in [0.717, 1.165) is 19.5 Å². The Labute approximate surface area is 126 Å². The number of hydrogen-bond acceptors (Lipinski definition) is 5. The maximum absolute atomic E-state index is 11.9. The lowest BCUT2D eigenvalue weighted by Gasteiger charge is -2.27. The second kappa shape index (κ2) is 5.92. The van der Waals surface area contributed by atoms with Gasteiger partial charge in [-0.25, -0.2) is 9.78 Å². The number of nitrogen functional groups attached to an aromatic ring is 1. The van der Waals surface area contributed by atoms with Crippen LogP contribution in [0, 0.1) is 11.3 Å². The molecule has 1 aliphatic rings. The Morgan fingerprint density at radius 2 is 2.24 bits per heavy atom. The molecule has 1 fully saturated rings. The molecule has 0 radical (unpaired) electrons. The lowest BCUT2D eigenvalue weighted by atomic mass is 9.80. The van der Waals surface area contributed by atoms with Crippen LogP contribution in [0.25, 0.3) is 0 Å². The van der Waals surface area contributed by atoms with Crippen LogP contribution < -0.4 is 10.6 Å². The molecule has 5 heteroatoms. The first-order valence-electron chi connectivity index (χ1n) is 7.51. The Bertz CT molecular complexity index is 523. The summed E-state index contributed by atoms with van der Waals surface area (Å²) >= 11 is 0. The molecule has 1 atom stereocenters. The fraction of sp³-hybridized carbons (Fsp3) is 0.625. The van der Waals surface area contributed by atoms with Crippen molar-refractivity contribution in [2.75, 3.05) is 30.3 Å². The van der Waals surface area contributed by atoms with Crippen molar-refractivity contribution in [3.8, 4) is 0 Å². The molecular weight excluding hydrogens is 266 g/mol. The molecule has 1 unspecified atom stereocenters. The van der Waals surface area contributed by atoms with Crippen LogP contribution in [-0.4, -0.2) is 30.6 Å². The van der Waals surface area contributed by atoms with E-state index in [9.17, 15) is 4.79 Å². The van der Waals surface area contributed by atoms with E-state index in [2.05, 4.69) is 30.7 Å². The van der Waals surface area contributed by atoms with Crippen LogP contribution in [0.2, 0.25) is 0 Å². The second-order valence-electron chi connectivity index (χ2n) is 6.61. The van der Waals surface area contributed by atoms with Gasteiger partial charge in [0.05, 0.1) is 17.9 Å². The molecule has 1 aromatic heterocycles. The van der Waals surface area contributed by atoms with Gasteiger partial charge >= 0.3 is 5.97 Å². The molecule has 2 rings (SSSR count). The Morgan fingerprint density at radius 3 is 2.81 bits per heavy atom. The minimum absolute atomic E-state index is 0.266. The first-order chi connectivity index (χ1) is 9.84. The van der Waals surface area contributed by atoms with Crippen molar-refractivity contribution in [2.24, 2.45) is 11.3 Å². The third-order valence-electron chi connectivity index (χ3n) is 4.18. The fourth-order valence-electron chi connectivity index (χ4n) is 2.76. The fourth-order valence-corrected chi connectivity index (χ4v) is 2.76. The summed E-state index contributed by atoms with van der Waals surface area (Å²) in [6.07, 6.45) is 2.75. The highest BCUT2D eigenvalue weighted by molar-refractivity contribution is 5.97. The molecule has 1 aromatic rings. The SMILES string of the molecule is CCOC(=O)c1ccnc(N2CCC(C(C)(C)C)C2)c1N. The molecule has 2 heterocycles. The zero-order chi connectivity index (χ0) is 15.6. The van der Waals surface area contributed by atoms with E-state index in [4.69, 9.17) is 10.5 Å². The third kappa shape index (κ3) is 3.28. The molecule has 1 aliphatic heterocycles. The summed E-state index contributed by atoms with van der Waals surface area (Å²) in [5.74, 6) is 0.919. The van der Waals surface area contributed by atoms with Crippen molar-refractivity contribution < 1.29 is 9.53 Å². The summed E-state index contributed by atoms with van der Waals surface area (Å²) in [7, 11) is 0. The summed E-state index contributed by atoms with van der Waals surface area (Å²) in [5.41, 5.74) is 7.24. The van der Waals surface area contributed by atoms with E-state index >= 15 is 0 Å².